The molecule has 0 radical (unpaired) electrons. The number of aliphatic hydroxyl groups is 1. The monoisotopic (exact) mass is 557 g/mol. The van der Waals surface area contributed by atoms with Gasteiger partial charge in [0.1, 0.15) is 23.0 Å². The van der Waals surface area contributed by atoms with Gasteiger partial charge in [-0.1, -0.05) is 42.6 Å². The molecule has 0 atom stereocenters. The van der Waals surface area contributed by atoms with Gasteiger partial charge in [0.05, 0.1) is 23.1 Å². The number of nitrogens with zero attached hydrogens (tertiary/aromatic N) is 1. The number of esters is 1. The summed E-state index contributed by atoms with van der Waals surface area (Å²) in [5.41, 5.74) is 1.66. The van der Waals surface area contributed by atoms with Gasteiger partial charge in [0.2, 0.25) is 0 Å². The van der Waals surface area contributed by atoms with Crippen molar-refractivity contribution >= 4 is 50.7 Å². The predicted molar refractivity (Wildman–Crippen MR) is 141 cm³/mol. The lowest BCUT2D eigenvalue weighted by Gasteiger charge is -2.12. The molecule has 0 fully saturated rings. The third-order valence-corrected chi connectivity index (χ3v) is 6.45. The van der Waals surface area contributed by atoms with Gasteiger partial charge in [-0.2, -0.15) is 0 Å². The van der Waals surface area contributed by atoms with Crippen LogP contribution in [-0.4, -0.2) is 42.4 Å². The molecule has 1 aliphatic rings. The van der Waals surface area contributed by atoms with E-state index in [4.69, 9.17) is 14.2 Å². The summed E-state index contributed by atoms with van der Waals surface area (Å²) in [5.74, 6) is -0.619. The summed E-state index contributed by atoms with van der Waals surface area (Å²) in [7, 11) is 1.52. The molecule has 0 spiro atoms. The molecule has 3 rings (SSSR count). The number of carbonyl (C=O) groups is 2. The largest absolute Gasteiger partial charge is 0.506 e. The van der Waals surface area contributed by atoms with Crippen LogP contribution in [0.2, 0.25) is 0 Å². The van der Waals surface area contributed by atoms with Gasteiger partial charge in [-0.25, -0.2) is 9.79 Å². The van der Waals surface area contributed by atoms with Crippen molar-refractivity contribution < 1.29 is 28.9 Å². The van der Waals surface area contributed by atoms with E-state index in [0.29, 0.717) is 38.6 Å². The van der Waals surface area contributed by atoms with E-state index in [1.54, 1.807) is 56.3 Å². The Balaban J connectivity index is 2.04. The van der Waals surface area contributed by atoms with Crippen molar-refractivity contribution in [1.29, 1.82) is 0 Å². The standard InChI is InChI=1S/C26H24BrNO6S/c1-5-11-34-23-18(27)12-16(13-19(23)32-4)14-20-22(29)21(26(31)33-6-2)25(35-20)28-24(30)17-10-8-7-9-15(17)3/h5,7-10,12-14,29H,1,6,11H2,2-4H3. The Labute approximate surface area is 216 Å². The van der Waals surface area contributed by atoms with E-state index in [1.807, 2.05) is 6.07 Å². The highest BCUT2D eigenvalue weighted by Gasteiger charge is 2.34. The lowest BCUT2D eigenvalue weighted by molar-refractivity contribution is -0.138. The molecule has 0 saturated heterocycles. The summed E-state index contributed by atoms with van der Waals surface area (Å²) in [6, 6.07) is 10.5. The molecule has 2 aromatic rings. The molecule has 1 N–H and O–H groups in total. The number of thioether (sulfide) groups is 1. The summed E-state index contributed by atoms with van der Waals surface area (Å²) in [6.45, 7) is 7.50. The average molecular weight is 558 g/mol. The Morgan fingerprint density at radius 3 is 2.66 bits per heavy atom. The zero-order chi connectivity index (χ0) is 25.5. The fraction of sp³-hybridized carbons (Fsp3) is 0.192. The lowest BCUT2D eigenvalue weighted by Crippen LogP contribution is -2.14. The van der Waals surface area contributed by atoms with Crippen LogP contribution in [-0.2, 0) is 9.53 Å². The smallest absolute Gasteiger partial charge is 0.344 e. The average Bonchev–Trinajstić information content (AvgIpc) is 3.12. The van der Waals surface area contributed by atoms with Crippen LogP contribution in [0.25, 0.3) is 6.08 Å². The number of rotatable bonds is 8. The third-order valence-electron chi connectivity index (χ3n) is 4.84. The number of benzene rings is 2. The number of amides is 1. The first-order valence-corrected chi connectivity index (χ1v) is 12.2. The molecule has 182 valence electrons. The Morgan fingerprint density at radius 1 is 1.26 bits per heavy atom. The Morgan fingerprint density at radius 2 is 2.00 bits per heavy atom. The summed E-state index contributed by atoms with van der Waals surface area (Å²) < 4.78 is 16.8. The maximum absolute atomic E-state index is 12.9. The first-order chi connectivity index (χ1) is 16.8. The summed E-state index contributed by atoms with van der Waals surface area (Å²) >= 11 is 4.48. The second-order valence-corrected chi connectivity index (χ2v) is 9.11. The van der Waals surface area contributed by atoms with Crippen molar-refractivity contribution in [1.82, 2.24) is 0 Å². The maximum Gasteiger partial charge on any atom is 0.344 e. The highest BCUT2D eigenvalue weighted by molar-refractivity contribution is 9.10. The minimum Gasteiger partial charge on any atom is -0.506 e. The number of aliphatic hydroxyl groups excluding tert-OH is 1. The molecule has 35 heavy (non-hydrogen) atoms. The van der Waals surface area contributed by atoms with E-state index < -0.39 is 11.9 Å². The van der Waals surface area contributed by atoms with Crippen LogP contribution in [0.1, 0.15) is 28.4 Å². The van der Waals surface area contributed by atoms with Crippen LogP contribution >= 0.6 is 27.7 Å². The van der Waals surface area contributed by atoms with Crippen LogP contribution in [0, 0.1) is 6.92 Å². The molecule has 1 heterocycles. The fourth-order valence-corrected chi connectivity index (χ4v) is 4.80. The van der Waals surface area contributed by atoms with Crippen molar-refractivity contribution in [2.75, 3.05) is 20.3 Å². The van der Waals surface area contributed by atoms with E-state index >= 15 is 0 Å². The molecular formula is C26H24BrNO6S. The van der Waals surface area contributed by atoms with Crippen LogP contribution in [0.3, 0.4) is 0 Å². The molecule has 7 nitrogen and oxygen atoms in total. The zero-order valence-corrected chi connectivity index (χ0v) is 21.9. The first-order valence-electron chi connectivity index (χ1n) is 10.6. The van der Waals surface area contributed by atoms with Crippen molar-refractivity contribution in [3.63, 3.8) is 0 Å². The van der Waals surface area contributed by atoms with Gasteiger partial charge in [0.15, 0.2) is 11.5 Å². The molecule has 1 aliphatic heterocycles. The Bertz CT molecular complexity index is 1260. The molecule has 0 saturated carbocycles. The molecule has 0 unspecified atom stereocenters. The first kappa shape index (κ1) is 26.3. The van der Waals surface area contributed by atoms with Crippen molar-refractivity contribution in [2.24, 2.45) is 4.99 Å². The summed E-state index contributed by atoms with van der Waals surface area (Å²) in [4.78, 5) is 30.0. The van der Waals surface area contributed by atoms with Gasteiger partial charge in [-0.3, -0.25) is 4.79 Å². The van der Waals surface area contributed by atoms with Gasteiger partial charge in [-0.15, -0.1) is 0 Å². The molecular weight excluding hydrogens is 534 g/mol. The quantitative estimate of drug-likeness (QED) is 0.312. The van der Waals surface area contributed by atoms with E-state index in [1.165, 1.54) is 7.11 Å². The van der Waals surface area contributed by atoms with Gasteiger partial charge in [0, 0.05) is 5.56 Å². The molecule has 2 aromatic carbocycles. The minimum absolute atomic E-state index is 0.0671. The second-order valence-electron chi connectivity index (χ2n) is 7.23. The van der Waals surface area contributed by atoms with E-state index in [9.17, 15) is 14.7 Å². The van der Waals surface area contributed by atoms with Crippen molar-refractivity contribution in [3.8, 4) is 11.5 Å². The number of hydrogen-bond donors (Lipinski definition) is 1. The van der Waals surface area contributed by atoms with Gasteiger partial charge in [-0.05, 0) is 65.2 Å². The molecule has 9 heteroatoms. The minimum atomic E-state index is -0.760. The van der Waals surface area contributed by atoms with E-state index in [0.717, 1.165) is 17.3 Å². The van der Waals surface area contributed by atoms with E-state index in [-0.39, 0.29) is 23.0 Å². The fourth-order valence-electron chi connectivity index (χ4n) is 3.21. The van der Waals surface area contributed by atoms with Crippen molar-refractivity contribution in [2.45, 2.75) is 13.8 Å². The normalized spacial score (nSPS) is 15.4. The second kappa shape index (κ2) is 11.9. The summed E-state index contributed by atoms with van der Waals surface area (Å²) in [5, 5.41) is 11.0. The summed E-state index contributed by atoms with van der Waals surface area (Å²) in [6.07, 6.45) is 3.28. The molecule has 1 amide bonds. The third kappa shape index (κ3) is 6.04. The Kier molecular flexibility index (Phi) is 8.95. The number of aryl methyl sites for hydroxylation is 1. The number of methoxy groups -OCH3 is 1. The van der Waals surface area contributed by atoms with Crippen LogP contribution in [0.4, 0.5) is 0 Å². The predicted octanol–water partition coefficient (Wildman–Crippen LogP) is 6.03. The molecule has 0 aliphatic carbocycles. The van der Waals surface area contributed by atoms with Crippen LogP contribution in [0.5, 0.6) is 11.5 Å². The Hall–Kier alpha value is -3.30. The zero-order valence-electron chi connectivity index (χ0n) is 19.5. The SMILES string of the molecule is C=CCOc1c(Br)cc(C=C2SC(=NC(=O)c3ccccc3C)C(C(=O)OCC)=C2O)cc1OC. The maximum atomic E-state index is 12.9. The highest BCUT2D eigenvalue weighted by Crippen LogP contribution is 2.42. The van der Waals surface area contributed by atoms with Crippen LogP contribution < -0.4 is 9.47 Å². The van der Waals surface area contributed by atoms with E-state index in [2.05, 4.69) is 27.5 Å². The number of ether oxygens (including phenoxy) is 3. The van der Waals surface area contributed by atoms with Crippen LogP contribution in [0.15, 0.2) is 74.8 Å². The number of aliphatic imine (C=N–C) groups is 1. The number of carbonyl (C=O) groups excluding carboxylic acids is 2. The highest BCUT2D eigenvalue weighted by atomic mass is 79.9. The topological polar surface area (TPSA) is 94.4 Å². The number of halogens is 1. The van der Waals surface area contributed by atoms with Crippen molar-refractivity contribution in [3.05, 3.63) is 86.5 Å². The number of hydrogen-bond acceptors (Lipinski definition) is 7. The lowest BCUT2D eigenvalue weighted by atomic mass is 10.1. The van der Waals surface area contributed by atoms with Gasteiger partial charge >= 0.3 is 5.97 Å². The van der Waals surface area contributed by atoms with Gasteiger partial charge < -0.3 is 19.3 Å². The molecule has 0 bridgehead atoms. The molecule has 0 aromatic heterocycles. The van der Waals surface area contributed by atoms with Gasteiger partial charge in [0.25, 0.3) is 5.91 Å².